The predicted octanol–water partition coefficient (Wildman–Crippen LogP) is 2.19. The molecule has 0 fully saturated rings. The average molecular weight is 350 g/mol. The van der Waals surface area contributed by atoms with Crippen molar-refractivity contribution in [2.24, 2.45) is 0 Å². The monoisotopic (exact) mass is 350 g/mol. The Labute approximate surface area is 151 Å². The van der Waals surface area contributed by atoms with Gasteiger partial charge in [0, 0.05) is 25.1 Å². The Bertz CT molecular complexity index is 948. The maximum atomic E-state index is 12.0. The van der Waals surface area contributed by atoms with Crippen molar-refractivity contribution in [1.82, 2.24) is 15.3 Å². The van der Waals surface area contributed by atoms with Crippen molar-refractivity contribution < 1.29 is 4.79 Å². The van der Waals surface area contributed by atoms with E-state index < -0.39 is 0 Å². The second-order valence-electron chi connectivity index (χ2n) is 6.22. The molecular weight excluding hydrogens is 328 g/mol. The first-order valence-electron chi connectivity index (χ1n) is 8.71. The highest BCUT2D eigenvalue weighted by Gasteiger charge is 2.05. The van der Waals surface area contributed by atoms with Crippen LogP contribution in [0.5, 0.6) is 0 Å². The summed E-state index contributed by atoms with van der Waals surface area (Å²) in [6.07, 6.45) is 2.37. The van der Waals surface area contributed by atoms with Crippen LogP contribution >= 0.6 is 0 Å². The van der Waals surface area contributed by atoms with Crippen molar-refractivity contribution in [3.8, 4) is 0 Å². The maximum absolute atomic E-state index is 12.0. The lowest BCUT2D eigenvalue weighted by molar-refractivity contribution is -0.121. The number of anilines is 1. The number of rotatable bonds is 7. The number of nitrogens with two attached hydrogens (primary N) is 1. The summed E-state index contributed by atoms with van der Waals surface area (Å²) in [4.78, 5) is 31.2. The number of benzene rings is 2. The van der Waals surface area contributed by atoms with Gasteiger partial charge in [0.05, 0.1) is 10.9 Å². The highest BCUT2D eigenvalue weighted by Crippen LogP contribution is 2.08. The molecule has 0 saturated heterocycles. The summed E-state index contributed by atoms with van der Waals surface area (Å²) in [6, 6.07) is 14.9. The second-order valence-corrected chi connectivity index (χ2v) is 6.22. The minimum Gasteiger partial charge on any atom is -0.399 e. The van der Waals surface area contributed by atoms with Crippen LogP contribution in [0.1, 0.15) is 24.2 Å². The van der Waals surface area contributed by atoms with Crippen molar-refractivity contribution in [2.45, 2.75) is 25.7 Å². The van der Waals surface area contributed by atoms with Gasteiger partial charge in [-0.25, -0.2) is 4.98 Å². The first-order chi connectivity index (χ1) is 12.6. The Morgan fingerprint density at radius 3 is 2.65 bits per heavy atom. The molecule has 6 heteroatoms. The third-order valence-corrected chi connectivity index (χ3v) is 4.19. The number of aromatic amines is 1. The lowest BCUT2D eigenvalue weighted by Gasteiger charge is -2.06. The van der Waals surface area contributed by atoms with Crippen LogP contribution in [0.3, 0.4) is 0 Å². The molecule has 3 aromatic rings. The molecule has 2 aromatic carbocycles. The molecule has 0 aliphatic heterocycles. The zero-order chi connectivity index (χ0) is 18.4. The zero-order valence-electron chi connectivity index (χ0n) is 14.5. The summed E-state index contributed by atoms with van der Waals surface area (Å²) >= 11 is 0. The molecule has 0 spiro atoms. The highest BCUT2D eigenvalue weighted by atomic mass is 16.1. The third kappa shape index (κ3) is 4.69. The Morgan fingerprint density at radius 2 is 1.85 bits per heavy atom. The normalized spacial score (nSPS) is 10.8. The first kappa shape index (κ1) is 17.7. The number of aromatic nitrogens is 2. The predicted molar refractivity (Wildman–Crippen MR) is 103 cm³/mol. The number of carbonyl (C=O) groups is 1. The summed E-state index contributed by atoms with van der Waals surface area (Å²) in [7, 11) is 0. The van der Waals surface area contributed by atoms with E-state index >= 15 is 0 Å². The highest BCUT2D eigenvalue weighted by molar-refractivity contribution is 5.77. The summed E-state index contributed by atoms with van der Waals surface area (Å²) in [5.41, 5.74) is 8.06. The van der Waals surface area contributed by atoms with E-state index in [-0.39, 0.29) is 11.5 Å². The molecule has 1 heterocycles. The largest absolute Gasteiger partial charge is 0.399 e. The number of carbonyl (C=O) groups excluding carboxylic acids is 1. The van der Waals surface area contributed by atoms with Crippen LogP contribution < -0.4 is 16.6 Å². The van der Waals surface area contributed by atoms with Gasteiger partial charge in [-0.3, -0.25) is 9.59 Å². The van der Waals surface area contributed by atoms with Gasteiger partial charge in [0.2, 0.25) is 5.91 Å². The van der Waals surface area contributed by atoms with E-state index in [4.69, 9.17) is 5.73 Å². The standard InChI is InChI=1S/C20H22N4O2/c21-15-10-8-14(9-11-15)12-13-22-19(25)7-3-6-18-23-17-5-2-1-4-16(17)20(26)24-18/h1-2,4-5,8-11H,3,6-7,12-13,21H2,(H,22,25)(H,23,24,26). The number of nitrogens with one attached hydrogen (secondary N) is 2. The molecule has 6 nitrogen and oxygen atoms in total. The lowest BCUT2D eigenvalue weighted by Crippen LogP contribution is -2.25. The van der Waals surface area contributed by atoms with Crippen LogP contribution in [-0.4, -0.2) is 22.4 Å². The molecule has 26 heavy (non-hydrogen) atoms. The second kappa shape index (κ2) is 8.29. The number of hydrogen-bond donors (Lipinski definition) is 3. The van der Waals surface area contributed by atoms with Gasteiger partial charge in [-0.05, 0) is 42.7 Å². The van der Waals surface area contributed by atoms with Crippen LogP contribution in [-0.2, 0) is 17.6 Å². The van der Waals surface area contributed by atoms with Crippen LogP contribution in [0.4, 0.5) is 5.69 Å². The van der Waals surface area contributed by atoms with Crippen molar-refractivity contribution >= 4 is 22.5 Å². The van der Waals surface area contributed by atoms with Crippen molar-refractivity contribution in [2.75, 3.05) is 12.3 Å². The Hall–Kier alpha value is -3.15. The van der Waals surface area contributed by atoms with Gasteiger partial charge in [0.15, 0.2) is 0 Å². The van der Waals surface area contributed by atoms with Crippen molar-refractivity contribution in [3.05, 3.63) is 70.3 Å². The molecule has 134 valence electrons. The molecular formula is C20H22N4O2. The van der Waals surface area contributed by atoms with Crippen molar-refractivity contribution in [3.63, 3.8) is 0 Å². The van der Waals surface area contributed by atoms with E-state index in [1.54, 1.807) is 6.07 Å². The zero-order valence-corrected chi connectivity index (χ0v) is 14.5. The van der Waals surface area contributed by atoms with Gasteiger partial charge in [0.25, 0.3) is 5.56 Å². The fraction of sp³-hybridized carbons (Fsp3) is 0.250. The maximum Gasteiger partial charge on any atom is 0.258 e. The third-order valence-electron chi connectivity index (χ3n) is 4.19. The lowest BCUT2D eigenvalue weighted by atomic mass is 10.1. The molecule has 0 aliphatic carbocycles. The van der Waals surface area contributed by atoms with E-state index in [0.29, 0.717) is 42.5 Å². The van der Waals surface area contributed by atoms with E-state index in [1.807, 2.05) is 42.5 Å². The Kier molecular flexibility index (Phi) is 5.63. The van der Waals surface area contributed by atoms with Crippen LogP contribution in [0.25, 0.3) is 10.9 Å². The fourth-order valence-corrected chi connectivity index (χ4v) is 2.79. The molecule has 0 aliphatic rings. The first-order valence-corrected chi connectivity index (χ1v) is 8.71. The molecule has 0 saturated carbocycles. The topological polar surface area (TPSA) is 101 Å². The molecule has 0 atom stereocenters. The Morgan fingerprint density at radius 1 is 1.08 bits per heavy atom. The number of nitrogen functional groups attached to an aromatic ring is 1. The SMILES string of the molecule is Nc1ccc(CCNC(=O)CCCc2nc3ccccc3c(=O)[nH]2)cc1. The van der Waals surface area contributed by atoms with Crippen LogP contribution in [0, 0.1) is 0 Å². The number of H-pyrrole nitrogens is 1. The molecule has 4 N–H and O–H groups in total. The number of aryl methyl sites for hydroxylation is 1. The quantitative estimate of drug-likeness (QED) is 0.569. The van der Waals surface area contributed by atoms with E-state index in [0.717, 1.165) is 17.7 Å². The van der Waals surface area contributed by atoms with Gasteiger partial charge >= 0.3 is 0 Å². The van der Waals surface area contributed by atoms with E-state index in [2.05, 4.69) is 15.3 Å². The number of nitrogens with zero attached hydrogens (tertiary/aromatic N) is 1. The number of fused-ring (bicyclic) bond motifs is 1. The molecule has 0 bridgehead atoms. The van der Waals surface area contributed by atoms with Gasteiger partial charge in [-0.15, -0.1) is 0 Å². The molecule has 3 rings (SSSR count). The Balaban J connectivity index is 1.43. The van der Waals surface area contributed by atoms with Crippen molar-refractivity contribution in [1.29, 1.82) is 0 Å². The molecule has 1 aromatic heterocycles. The van der Waals surface area contributed by atoms with E-state index in [1.165, 1.54) is 0 Å². The average Bonchev–Trinajstić information content (AvgIpc) is 2.63. The van der Waals surface area contributed by atoms with Gasteiger partial charge in [-0.2, -0.15) is 0 Å². The smallest absolute Gasteiger partial charge is 0.258 e. The molecule has 0 radical (unpaired) electrons. The summed E-state index contributed by atoms with van der Waals surface area (Å²) < 4.78 is 0. The molecule has 1 amide bonds. The van der Waals surface area contributed by atoms with E-state index in [9.17, 15) is 9.59 Å². The fourth-order valence-electron chi connectivity index (χ4n) is 2.79. The van der Waals surface area contributed by atoms with Gasteiger partial charge < -0.3 is 16.0 Å². The minimum absolute atomic E-state index is 0.00332. The van der Waals surface area contributed by atoms with Crippen LogP contribution in [0.15, 0.2) is 53.3 Å². The number of para-hydroxylation sites is 1. The summed E-state index contributed by atoms with van der Waals surface area (Å²) in [6.45, 7) is 0.591. The summed E-state index contributed by atoms with van der Waals surface area (Å²) in [5.74, 6) is 0.618. The number of amides is 1. The number of hydrogen-bond acceptors (Lipinski definition) is 4. The van der Waals surface area contributed by atoms with Gasteiger partial charge in [-0.1, -0.05) is 24.3 Å². The van der Waals surface area contributed by atoms with Gasteiger partial charge in [0.1, 0.15) is 5.82 Å². The molecule has 0 unspecified atom stereocenters. The summed E-state index contributed by atoms with van der Waals surface area (Å²) in [5, 5.41) is 3.49. The van der Waals surface area contributed by atoms with Crippen LogP contribution in [0.2, 0.25) is 0 Å². The minimum atomic E-state index is -0.140.